The number of carbonyl (C=O) groups is 1. The fourth-order valence-electron chi connectivity index (χ4n) is 2.98. The van der Waals surface area contributed by atoms with Gasteiger partial charge >= 0.3 is 0 Å². The van der Waals surface area contributed by atoms with Gasteiger partial charge in [-0.1, -0.05) is 31.4 Å². The zero-order valence-electron chi connectivity index (χ0n) is 13.5. The molecule has 1 aliphatic rings. The summed E-state index contributed by atoms with van der Waals surface area (Å²) in [5.41, 5.74) is 0.571. The van der Waals surface area contributed by atoms with Crippen LogP contribution in [0.25, 0.3) is 0 Å². The molecular formula is C19H21BrN2O2. The Morgan fingerprint density at radius 3 is 2.75 bits per heavy atom. The maximum absolute atomic E-state index is 12.5. The number of nitrogens with one attached hydrogen (secondary N) is 1. The largest absolute Gasteiger partial charge is 0.489 e. The molecule has 0 atom stereocenters. The fraction of sp³-hybridized carbons (Fsp3) is 0.368. The van der Waals surface area contributed by atoms with Crippen LogP contribution in [0, 0.1) is 5.92 Å². The molecule has 0 saturated heterocycles. The second-order valence-electron chi connectivity index (χ2n) is 6.10. The Morgan fingerprint density at radius 1 is 1.17 bits per heavy atom. The van der Waals surface area contributed by atoms with Gasteiger partial charge in [-0.3, -0.25) is 4.79 Å². The van der Waals surface area contributed by atoms with Gasteiger partial charge in [-0.2, -0.15) is 0 Å². The van der Waals surface area contributed by atoms with E-state index in [0.29, 0.717) is 29.7 Å². The van der Waals surface area contributed by atoms with E-state index in [4.69, 9.17) is 4.74 Å². The minimum Gasteiger partial charge on any atom is -0.489 e. The van der Waals surface area contributed by atoms with Crippen LogP contribution in [0.2, 0.25) is 0 Å². The number of hydrogen-bond donors (Lipinski definition) is 1. The molecule has 1 aromatic carbocycles. The van der Waals surface area contributed by atoms with Crippen molar-refractivity contribution < 1.29 is 9.53 Å². The number of rotatable bonds is 5. The van der Waals surface area contributed by atoms with E-state index in [1.807, 2.05) is 30.3 Å². The van der Waals surface area contributed by atoms with Crippen LogP contribution in [0.15, 0.2) is 47.1 Å². The maximum atomic E-state index is 12.5. The standard InChI is InChI=1S/C19H21BrN2O2/c20-16-10-5-4-9-15(16)19(23)22-18-17(11-6-12-21-18)24-13-14-7-2-1-3-8-14/h4-6,9-12,14H,1-3,7-8,13H2,(H,21,22,23). The average molecular weight is 389 g/mol. The van der Waals surface area contributed by atoms with Crippen molar-refractivity contribution in [2.24, 2.45) is 5.92 Å². The summed E-state index contributed by atoms with van der Waals surface area (Å²) in [6.45, 7) is 0.684. The molecule has 2 aromatic rings. The monoisotopic (exact) mass is 388 g/mol. The lowest BCUT2D eigenvalue weighted by Crippen LogP contribution is -2.18. The van der Waals surface area contributed by atoms with Gasteiger partial charge in [0.25, 0.3) is 5.91 Å². The quantitative estimate of drug-likeness (QED) is 0.778. The van der Waals surface area contributed by atoms with Crippen molar-refractivity contribution in [1.82, 2.24) is 4.98 Å². The molecule has 24 heavy (non-hydrogen) atoms. The molecule has 4 nitrogen and oxygen atoms in total. The molecule has 0 unspecified atom stereocenters. The predicted octanol–water partition coefficient (Wildman–Crippen LogP) is 5.06. The molecule has 0 spiro atoms. The van der Waals surface area contributed by atoms with E-state index in [1.54, 1.807) is 12.3 Å². The summed E-state index contributed by atoms with van der Waals surface area (Å²) in [6.07, 6.45) is 8.00. The van der Waals surface area contributed by atoms with Crippen LogP contribution in [0.3, 0.4) is 0 Å². The van der Waals surface area contributed by atoms with E-state index in [1.165, 1.54) is 32.1 Å². The van der Waals surface area contributed by atoms with Gasteiger partial charge < -0.3 is 10.1 Å². The molecule has 1 fully saturated rings. The smallest absolute Gasteiger partial charge is 0.258 e. The number of benzene rings is 1. The third-order valence-electron chi connectivity index (χ3n) is 4.32. The molecule has 1 amide bonds. The SMILES string of the molecule is O=C(Nc1ncccc1OCC1CCCCC1)c1ccccc1Br. The van der Waals surface area contributed by atoms with Crippen molar-refractivity contribution in [3.63, 3.8) is 0 Å². The highest BCUT2D eigenvalue weighted by molar-refractivity contribution is 9.10. The third-order valence-corrected chi connectivity index (χ3v) is 5.01. The van der Waals surface area contributed by atoms with Crippen molar-refractivity contribution in [2.75, 3.05) is 11.9 Å². The Labute approximate surface area is 150 Å². The molecule has 1 saturated carbocycles. The van der Waals surface area contributed by atoms with Gasteiger partial charge in [-0.25, -0.2) is 4.98 Å². The topological polar surface area (TPSA) is 51.2 Å². The van der Waals surface area contributed by atoms with Crippen LogP contribution >= 0.6 is 15.9 Å². The van der Waals surface area contributed by atoms with E-state index >= 15 is 0 Å². The Morgan fingerprint density at radius 2 is 1.96 bits per heavy atom. The number of amides is 1. The van der Waals surface area contributed by atoms with Crippen LogP contribution in [0.1, 0.15) is 42.5 Å². The van der Waals surface area contributed by atoms with Crippen LogP contribution in [-0.2, 0) is 0 Å². The van der Waals surface area contributed by atoms with Gasteiger partial charge in [-0.05, 0) is 59.0 Å². The number of carbonyl (C=O) groups excluding carboxylic acids is 1. The molecule has 1 aliphatic carbocycles. The summed E-state index contributed by atoms with van der Waals surface area (Å²) < 4.78 is 6.71. The summed E-state index contributed by atoms with van der Waals surface area (Å²) in [4.78, 5) is 16.7. The highest BCUT2D eigenvalue weighted by Gasteiger charge is 2.17. The number of hydrogen-bond acceptors (Lipinski definition) is 3. The molecule has 3 rings (SSSR count). The van der Waals surface area contributed by atoms with Crippen molar-refractivity contribution in [3.8, 4) is 5.75 Å². The van der Waals surface area contributed by atoms with Crippen LogP contribution < -0.4 is 10.1 Å². The van der Waals surface area contributed by atoms with Crippen LogP contribution in [-0.4, -0.2) is 17.5 Å². The van der Waals surface area contributed by atoms with Gasteiger partial charge in [-0.15, -0.1) is 0 Å². The number of aromatic nitrogens is 1. The molecule has 1 N–H and O–H groups in total. The van der Waals surface area contributed by atoms with Crippen LogP contribution in [0.4, 0.5) is 5.82 Å². The molecule has 5 heteroatoms. The minimum atomic E-state index is -0.205. The number of anilines is 1. The van der Waals surface area contributed by atoms with E-state index in [9.17, 15) is 4.79 Å². The maximum Gasteiger partial charge on any atom is 0.258 e. The average Bonchev–Trinajstić information content (AvgIpc) is 2.62. The van der Waals surface area contributed by atoms with Gasteiger partial charge in [0.2, 0.25) is 0 Å². The van der Waals surface area contributed by atoms with Crippen LogP contribution in [0.5, 0.6) is 5.75 Å². The molecule has 1 heterocycles. The normalized spacial score (nSPS) is 15.0. The van der Waals surface area contributed by atoms with Crippen molar-refractivity contribution in [2.45, 2.75) is 32.1 Å². The predicted molar refractivity (Wildman–Crippen MR) is 98.4 cm³/mol. The minimum absolute atomic E-state index is 0.205. The van der Waals surface area contributed by atoms with Crippen molar-refractivity contribution in [3.05, 3.63) is 52.6 Å². The first-order valence-corrected chi connectivity index (χ1v) is 9.17. The van der Waals surface area contributed by atoms with Gasteiger partial charge in [0.05, 0.1) is 12.2 Å². The molecule has 0 radical (unpaired) electrons. The number of nitrogens with zero attached hydrogens (tertiary/aromatic N) is 1. The zero-order valence-corrected chi connectivity index (χ0v) is 15.1. The Kier molecular flexibility index (Phi) is 5.86. The van der Waals surface area contributed by atoms with E-state index in [2.05, 4.69) is 26.2 Å². The van der Waals surface area contributed by atoms with E-state index in [0.717, 1.165) is 4.47 Å². The lowest BCUT2D eigenvalue weighted by molar-refractivity contribution is 0.102. The Balaban J connectivity index is 1.67. The molecule has 126 valence electrons. The summed E-state index contributed by atoms with van der Waals surface area (Å²) in [5, 5.41) is 2.85. The summed E-state index contributed by atoms with van der Waals surface area (Å²) in [6, 6.07) is 11.0. The van der Waals surface area contributed by atoms with Gasteiger partial charge in [0.15, 0.2) is 11.6 Å². The number of halogens is 1. The van der Waals surface area contributed by atoms with E-state index in [-0.39, 0.29) is 5.91 Å². The zero-order chi connectivity index (χ0) is 16.8. The lowest BCUT2D eigenvalue weighted by Gasteiger charge is -2.22. The summed E-state index contributed by atoms with van der Waals surface area (Å²) in [7, 11) is 0. The molecule has 0 bridgehead atoms. The first kappa shape index (κ1) is 17.0. The Hall–Kier alpha value is -1.88. The first-order valence-electron chi connectivity index (χ1n) is 8.38. The summed E-state index contributed by atoms with van der Waals surface area (Å²) in [5.74, 6) is 1.49. The van der Waals surface area contributed by atoms with E-state index < -0.39 is 0 Å². The third kappa shape index (κ3) is 4.35. The van der Waals surface area contributed by atoms with Gasteiger partial charge in [0, 0.05) is 10.7 Å². The molecule has 0 aliphatic heterocycles. The lowest BCUT2D eigenvalue weighted by atomic mass is 9.90. The second-order valence-corrected chi connectivity index (χ2v) is 6.95. The molecular weight excluding hydrogens is 368 g/mol. The highest BCUT2D eigenvalue weighted by Crippen LogP contribution is 2.27. The second kappa shape index (κ2) is 8.29. The van der Waals surface area contributed by atoms with Gasteiger partial charge in [0.1, 0.15) is 0 Å². The van der Waals surface area contributed by atoms with Crippen molar-refractivity contribution >= 4 is 27.7 Å². The Bertz CT molecular complexity index is 699. The highest BCUT2D eigenvalue weighted by atomic mass is 79.9. The fourth-order valence-corrected chi connectivity index (χ4v) is 3.45. The number of ether oxygens (including phenoxy) is 1. The molecule has 1 aromatic heterocycles. The summed E-state index contributed by atoms with van der Waals surface area (Å²) >= 11 is 3.40. The first-order chi connectivity index (χ1) is 11.7. The number of pyridine rings is 1. The van der Waals surface area contributed by atoms with Crippen molar-refractivity contribution in [1.29, 1.82) is 0 Å².